The molecule has 0 saturated heterocycles. The zero-order valence-corrected chi connectivity index (χ0v) is 19.2. The van der Waals surface area contributed by atoms with Crippen LogP contribution in [0.5, 0.6) is 0 Å². The summed E-state index contributed by atoms with van der Waals surface area (Å²) >= 11 is 7.84. The summed E-state index contributed by atoms with van der Waals surface area (Å²) in [7, 11) is 0. The topological polar surface area (TPSA) is 54.3 Å². The van der Waals surface area contributed by atoms with E-state index in [4.69, 9.17) is 11.6 Å². The first kappa shape index (κ1) is 20.6. The number of fused-ring (bicyclic) bond motifs is 3. The van der Waals surface area contributed by atoms with Gasteiger partial charge in [0.05, 0.1) is 16.8 Å². The van der Waals surface area contributed by atoms with Crippen molar-refractivity contribution in [3.63, 3.8) is 0 Å². The minimum absolute atomic E-state index is 0.0954. The smallest absolute Gasteiger partial charge is 0.275 e. The first-order valence-electron chi connectivity index (χ1n) is 10.9. The molecule has 31 heavy (non-hydrogen) atoms. The van der Waals surface area contributed by atoms with Gasteiger partial charge in [-0.15, -0.1) is 11.3 Å². The van der Waals surface area contributed by atoms with Crippen molar-refractivity contribution < 1.29 is 9.59 Å². The van der Waals surface area contributed by atoms with Crippen molar-refractivity contribution in [3.8, 4) is 0 Å². The zero-order chi connectivity index (χ0) is 21.7. The van der Waals surface area contributed by atoms with E-state index < -0.39 is 6.04 Å². The fourth-order valence-electron chi connectivity index (χ4n) is 5.06. The molecule has 1 aromatic carbocycles. The van der Waals surface area contributed by atoms with Crippen molar-refractivity contribution in [2.75, 3.05) is 4.90 Å². The maximum atomic E-state index is 13.6. The van der Waals surface area contributed by atoms with E-state index in [0.29, 0.717) is 34.8 Å². The number of nitrogens with zero attached hydrogens (tertiary/aromatic N) is 2. The minimum atomic E-state index is -0.626. The van der Waals surface area contributed by atoms with Crippen LogP contribution >= 0.6 is 22.9 Å². The molecule has 1 aliphatic heterocycles. The summed E-state index contributed by atoms with van der Waals surface area (Å²) in [6, 6.07) is 10.7. The highest BCUT2D eigenvalue weighted by Crippen LogP contribution is 2.34. The van der Waals surface area contributed by atoms with Crippen LogP contribution in [0.1, 0.15) is 43.6 Å². The summed E-state index contributed by atoms with van der Waals surface area (Å²) < 4.78 is 3.05. The number of hydrogen-bond acceptors (Lipinski definition) is 3. The van der Waals surface area contributed by atoms with Crippen LogP contribution in [0.2, 0.25) is 5.02 Å². The molecule has 2 aromatic heterocycles. The highest BCUT2D eigenvalue weighted by molar-refractivity contribution is 7.17. The predicted molar refractivity (Wildman–Crippen MR) is 126 cm³/mol. The van der Waals surface area contributed by atoms with Gasteiger partial charge in [-0.05, 0) is 54.0 Å². The van der Waals surface area contributed by atoms with Gasteiger partial charge < -0.3 is 9.88 Å². The third-order valence-corrected chi connectivity index (χ3v) is 8.14. The maximum Gasteiger partial charge on any atom is 0.275 e. The first-order valence-corrected chi connectivity index (χ1v) is 12.2. The highest BCUT2D eigenvalue weighted by atomic mass is 35.5. The van der Waals surface area contributed by atoms with E-state index in [1.165, 1.54) is 6.42 Å². The van der Waals surface area contributed by atoms with E-state index >= 15 is 0 Å². The van der Waals surface area contributed by atoms with E-state index in [2.05, 4.69) is 19.2 Å². The van der Waals surface area contributed by atoms with Gasteiger partial charge in [0.15, 0.2) is 0 Å². The summed E-state index contributed by atoms with van der Waals surface area (Å²) in [4.78, 5) is 28.8. The van der Waals surface area contributed by atoms with E-state index in [-0.39, 0.29) is 17.9 Å². The van der Waals surface area contributed by atoms with Gasteiger partial charge in [0.2, 0.25) is 5.91 Å². The lowest BCUT2D eigenvalue weighted by Gasteiger charge is -2.39. The Balaban J connectivity index is 1.53. The SMILES string of the molecule is CC1CCCC(NC(=O)C2Cn3c(cc4sccc43)C(=O)N2c2cccc(Cl)c2)C1C. The quantitative estimate of drug-likeness (QED) is 0.580. The monoisotopic (exact) mass is 455 g/mol. The third-order valence-electron chi connectivity index (χ3n) is 7.05. The molecule has 4 unspecified atom stereocenters. The summed E-state index contributed by atoms with van der Waals surface area (Å²) in [5, 5.41) is 5.85. The van der Waals surface area contributed by atoms with E-state index in [9.17, 15) is 9.59 Å². The number of halogens is 1. The maximum absolute atomic E-state index is 13.6. The number of carbonyl (C=O) groups excluding carboxylic acids is 2. The Kier molecular flexibility index (Phi) is 5.30. The molecule has 1 N–H and O–H groups in total. The second kappa shape index (κ2) is 7.99. The second-order valence-corrected chi connectivity index (χ2v) is 10.2. The van der Waals surface area contributed by atoms with Crippen molar-refractivity contribution in [1.82, 2.24) is 9.88 Å². The summed E-state index contributed by atoms with van der Waals surface area (Å²) in [6.45, 7) is 4.90. The number of hydrogen-bond donors (Lipinski definition) is 1. The first-order chi connectivity index (χ1) is 14.9. The van der Waals surface area contributed by atoms with Crippen LogP contribution in [0.25, 0.3) is 10.2 Å². The third kappa shape index (κ3) is 3.56. The standard InChI is InChI=1S/C24H26ClN3O2S/c1-14-5-3-8-18(15(14)2)26-23(29)21-13-27-19-9-10-31-22(19)12-20(27)24(30)28(21)17-7-4-6-16(25)11-17/h4,6-7,9-12,14-15,18,21H,3,5,8,13H2,1-2H3,(H,26,29). The zero-order valence-electron chi connectivity index (χ0n) is 17.7. The van der Waals surface area contributed by atoms with E-state index in [0.717, 1.165) is 23.1 Å². The Labute approximate surface area is 191 Å². The molecule has 7 heteroatoms. The molecule has 1 fully saturated rings. The van der Waals surface area contributed by atoms with Crippen LogP contribution in [-0.4, -0.2) is 28.5 Å². The van der Waals surface area contributed by atoms with Gasteiger partial charge in [-0.1, -0.05) is 44.4 Å². The molecule has 1 aliphatic carbocycles. The van der Waals surface area contributed by atoms with Gasteiger partial charge in [-0.2, -0.15) is 0 Å². The lowest BCUT2D eigenvalue weighted by molar-refractivity contribution is -0.124. The molecule has 3 aromatic rings. The van der Waals surface area contributed by atoms with Crippen LogP contribution in [-0.2, 0) is 11.3 Å². The van der Waals surface area contributed by atoms with Crippen molar-refractivity contribution in [3.05, 3.63) is 52.5 Å². The number of benzene rings is 1. The van der Waals surface area contributed by atoms with Crippen molar-refractivity contribution in [1.29, 1.82) is 0 Å². The van der Waals surface area contributed by atoms with Gasteiger partial charge in [-0.25, -0.2) is 0 Å². The molecule has 0 bridgehead atoms. The number of anilines is 1. The lowest BCUT2D eigenvalue weighted by atomic mass is 9.78. The molecule has 5 nitrogen and oxygen atoms in total. The fraction of sp³-hybridized carbons (Fsp3) is 0.417. The highest BCUT2D eigenvalue weighted by Gasteiger charge is 2.40. The largest absolute Gasteiger partial charge is 0.351 e. The molecule has 2 aliphatic rings. The van der Waals surface area contributed by atoms with E-state index in [1.54, 1.807) is 28.4 Å². The number of amides is 2. The molecule has 4 atom stereocenters. The Morgan fingerprint density at radius 2 is 2.03 bits per heavy atom. The van der Waals surface area contributed by atoms with Gasteiger partial charge in [-0.3, -0.25) is 14.5 Å². The Bertz CT molecular complexity index is 1150. The fourth-order valence-corrected chi connectivity index (χ4v) is 6.07. The molecule has 0 radical (unpaired) electrons. The number of carbonyl (C=O) groups is 2. The summed E-state index contributed by atoms with van der Waals surface area (Å²) in [5.74, 6) is 0.740. The molecule has 3 heterocycles. The number of aromatic nitrogens is 1. The van der Waals surface area contributed by atoms with Gasteiger partial charge in [0.1, 0.15) is 11.7 Å². The normalized spacial score (nSPS) is 26.2. The van der Waals surface area contributed by atoms with E-state index in [1.807, 2.05) is 34.2 Å². The molecule has 1 saturated carbocycles. The molecule has 162 valence electrons. The number of rotatable bonds is 3. The predicted octanol–water partition coefficient (Wildman–Crippen LogP) is 5.33. The molecule has 0 spiro atoms. The minimum Gasteiger partial charge on any atom is -0.351 e. The second-order valence-electron chi connectivity index (χ2n) is 8.86. The van der Waals surface area contributed by atoms with Crippen LogP contribution in [0.3, 0.4) is 0 Å². The Morgan fingerprint density at radius 1 is 1.19 bits per heavy atom. The van der Waals surface area contributed by atoms with Crippen LogP contribution < -0.4 is 10.2 Å². The van der Waals surface area contributed by atoms with Crippen LogP contribution in [0.4, 0.5) is 5.69 Å². The number of thiophene rings is 1. The molecular weight excluding hydrogens is 430 g/mol. The van der Waals surface area contributed by atoms with Gasteiger partial charge in [0.25, 0.3) is 5.91 Å². The van der Waals surface area contributed by atoms with Gasteiger partial charge >= 0.3 is 0 Å². The average Bonchev–Trinajstić information content (AvgIpc) is 3.33. The van der Waals surface area contributed by atoms with Crippen molar-refractivity contribution in [2.45, 2.75) is 51.7 Å². The summed E-state index contributed by atoms with van der Waals surface area (Å²) in [6.07, 6.45) is 3.31. The Morgan fingerprint density at radius 3 is 2.84 bits per heavy atom. The number of nitrogens with one attached hydrogen (secondary N) is 1. The Hall–Kier alpha value is -2.31. The summed E-state index contributed by atoms with van der Waals surface area (Å²) in [5.41, 5.74) is 2.28. The van der Waals surface area contributed by atoms with Crippen molar-refractivity contribution >= 4 is 50.7 Å². The van der Waals surface area contributed by atoms with Crippen LogP contribution in [0, 0.1) is 11.8 Å². The molecular formula is C24H26ClN3O2S. The van der Waals surface area contributed by atoms with Crippen molar-refractivity contribution in [2.24, 2.45) is 11.8 Å². The lowest BCUT2D eigenvalue weighted by Crippen LogP contribution is -2.58. The van der Waals surface area contributed by atoms with Crippen LogP contribution in [0.15, 0.2) is 41.8 Å². The average molecular weight is 456 g/mol. The molecule has 2 amide bonds. The molecule has 5 rings (SSSR count). The van der Waals surface area contributed by atoms with Gasteiger partial charge in [0, 0.05) is 16.8 Å².